The summed E-state index contributed by atoms with van der Waals surface area (Å²) in [6.07, 6.45) is 2.87. The molecule has 18 heavy (non-hydrogen) atoms. The predicted octanol–water partition coefficient (Wildman–Crippen LogP) is 2.84. The number of fused-ring (bicyclic) bond motifs is 2. The van der Waals surface area contributed by atoms with Gasteiger partial charge in [-0.2, -0.15) is 0 Å². The van der Waals surface area contributed by atoms with Gasteiger partial charge in [0.2, 0.25) is 0 Å². The molecule has 0 fully saturated rings. The average molecular weight is 241 g/mol. The predicted molar refractivity (Wildman–Crippen MR) is 64.4 cm³/mol. The number of aromatic nitrogens is 1. The molecule has 0 radical (unpaired) electrons. The van der Waals surface area contributed by atoms with Gasteiger partial charge in [0.1, 0.15) is 11.5 Å². The molecule has 90 valence electrons. The number of ether oxygens (including phenoxy) is 2. The molecule has 0 spiro atoms. The van der Waals surface area contributed by atoms with Crippen LogP contribution in [0.2, 0.25) is 0 Å². The van der Waals surface area contributed by atoms with E-state index in [-0.39, 0.29) is 5.97 Å². The average Bonchev–Trinajstić information content (AvgIpc) is 2.38. The van der Waals surface area contributed by atoms with Crippen molar-refractivity contribution in [2.45, 2.75) is 13.0 Å². The number of nitrogens with zero attached hydrogens (tertiary/aromatic N) is 1. The van der Waals surface area contributed by atoms with Crippen molar-refractivity contribution in [2.24, 2.45) is 0 Å². The van der Waals surface area contributed by atoms with Crippen LogP contribution in [0.4, 0.5) is 0 Å². The first-order valence-electron chi connectivity index (χ1n) is 5.63. The Kier molecular flexibility index (Phi) is 2.48. The molecule has 1 unspecified atom stereocenters. The number of benzene rings is 1. The van der Waals surface area contributed by atoms with Gasteiger partial charge in [-0.05, 0) is 12.1 Å². The minimum absolute atomic E-state index is 0.327. The van der Waals surface area contributed by atoms with Crippen LogP contribution in [0.1, 0.15) is 24.2 Å². The van der Waals surface area contributed by atoms with E-state index < -0.39 is 6.10 Å². The van der Waals surface area contributed by atoms with Crippen molar-refractivity contribution >= 4 is 5.97 Å². The zero-order chi connectivity index (χ0) is 12.5. The van der Waals surface area contributed by atoms with Gasteiger partial charge in [0.25, 0.3) is 0 Å². The molecule has 0 saturated carbocycles. The lowest BCUT2D eigenvalue weighted by atomic mass is 9.98. The molecule has 0 aliphatic carbocycles. The zero-order valence-corrected chi connectivity index (χ0v) is 9.79. The van der Waals surface area contributed by atoms with E-state index in [1.54, 1.807) is 18.5 Å². The highest BCUT2D eigenvalue weighted by atomic mass is 16.5. The number of hydrogen-bond acceptors (Lipinski definition) is 4. The molecule has 0 bridgehead atoms. The Morgan fingerprint density at radius 2 is 2.00 bits per heavy atom. The fraction of sp³-hybridized carbons (Fsp3) is 0.143. The highest BCUT2D eigenvalue weighted by Crippen LogP contribution is 2.43. The van der Waals surface area contributed by atoms with Gasteiger partial charge in [0.05, 0.1) is 5.56 Å². The first kappa shape index (κ1) is 10.8. The molecule has 1 aromatic heterocycles. The highest BCUT2D eigenvalue weighted by Gasteiger charge is 2.29. The summed E-state index contributed by atoms with van der Waals surface area (Å²) in [5.74, 6) is 1.06. The molecule has 2 heterocycles. The molecular weight excluding hydrogens is 230 g/mol. The number of pyridine rings is 1. The monoisotopic (exact) mass is 241 g/mol. The van der Waals surface area contributed by atoms with Crippen LogP contribution in [0.15, 0.2) is 42.7 Å². The third kappa shape index (κ3) is 1.72. The summed E-state index contributed by atoms with van der Waals surface area (Å²) in [6, 6.07) is 9.28. The number of para-hydroxylation sites is 1. The molecule has 4 nitrogen and oxygen atoms in total. The Morgan fingerprint density at radius 1 is 1.22 bits per heavy atom. The summed E-state index contributed by atoms with van der Waals surface area (Å²) in [5.41, 5.74) is 1.61. The number of hydrogen-bond donors (Lipinski definition) is 0. The van der Waals surface area contributed by atoms with E-state index in [0.717, 1.165) is 11.1 Å². The first-order chi connectivity index (χ1) is 8.75. The van der Waals surface area contributed by atoms with Crippen LogP contribution >= 0.6 is 0 Å². The van der Waals surface area contributed by atoms with E-state index >= 15 is 0 Å². The van der Waals surface area contributed by atoms with E-state index in [4.69, 9.17) is 9.47 Å². The lowest BCUT2D eigenvalue weighted by molar-refractivity contribution is -0.145. The van der Waals surface area contributed by atoms with Crippen molar-refractivity contribution in [1.29, 1.82) is 0 Å². The maximum absolute atomic E-state index is 11.2. The third-order valence-corrected chi connectivity index (χ3v) is 2.80. The van der Waals surface area contributed by atoms with Crippen molar-refractivity contribution in [3.63, 3.8) is 0 Å². The SMILES string of the molecule is CC(=O)OC1c2ccccc2Oc2ccncc21. The molecule has 3 rings (SSSR count). The van der Waals surface area contributed by atoms with Gasteiger partial charge in [0.15, 0.2) is 6.10 Å². The smallest absolute Gasteiger partial charge is 0.303 e. The van der Waals surface area contributed by atoms with Crippen LogP contribution in [-0.4, -0.2) is 11.0 Å². The first-order valence-corrected chi connectivity index (χ1v) is 5.63. The molecule has 0 amide bonds. The van der Waals surface area contributed by atoms with Crippen molar-refractivity contribution in [2.75, 3.05) is 0 Å². The summed E-state index contributed by atoms with van der Waals surface area (Å²) < 4.78 is 11.1. The fourth-order valence-corrected chi connectivity index (χ4v) is 2.05. The van der Waals surface area contributed by atoms with Gasteiger partial charge in [0, 0.05) is 24.9 Å². The topological polar surface area (TPSA) is 48.4 Å². The molecule has 1 atom stereocenters. The number of carbonyl (C=O) groups is 1. The Hall–Kier alpha value is -2.36. The second-order valence-corrected chi connectivity index (χ2v) is 4.04. The second kappa shape index (κ2) is 4.14. The summed E-state index contributed by atoms with van der Waals surface area (Å²) >= 11 is 0. The molecule has 1 aliphatic rings. The number of esters is 1. The second-order valence-electron chi connectivity index (χ2n) is 4.04. The zero-order valence-electron chi connectivity index (χ0n) is 9.79. The Labute approximate surface area is 104 Å². The lowest BCUT2D eigenvalue weighted by Crippen LogP contribution is -2.15. The Morgan fingerprint density at radius 3 is 2.83 bits per heavy atom. The quantitative estimate of drug-likeness (QED) is 0.720. The van der Waals surface area contributed by atoms with Gasteiger partial charge in [-0.1, -0.05) is 18.2 Å². The van der Waals surface area contributed by atoms with E-state index in [0.29, 0.717) is 11.5 Å². The van der Waals surface area contributed by atoms with Crippen molar-refractivity contribution in [3.8, 4) is 11.5 Å². The van der Waals surface area contributed by atoms with Crippen LogP contribution in [0.3, 0.4) is 0 Å². The van der Waals surface area contributed by atoms with Crippen molar-refractivity contribution in [3.05, 3.63) is 53.9 Å². The lowest BCUT2D eigenvalue weighted by Gasteiger charge is -2.26. The van der Waals surface area contributed by atoms with E-state index in [1.807, 2.05) is 24.3 Å². The standard InChI is InChI=1S/C14H11NO3/c1-9(16)17-14-10-4-2-3-5-12(10)18-13-6-7-15-8-11(13)14/h2-8,14H,1H3. The fourth-order valence-electron chi connectivity index (χ4n) is 2.05. The summed E-state index contributed by atoms with van der Waals surface area (Å²) in [7, 11) is 0. The van der Waals surface area contributed by atoms with Crippen LogP contribution < -0.4 is 4.74 Å². The molecule has 1 aromatic carbocycles. The van der Waals surface area contributed by atoms with Crippen LogP contribution in [0.25, 0.3) is 0 Å². The number of carbonyl (C=O) groups excluding carboxylic acids is 1. The minimum Gasteiger partial charge on any atom is -0.456 e. The summed E-state index contributed by atoms with van der Waals surface area (Å²) in [4.78, 5) is 15.3. The summed E-state index contributed by atoms with van der Waals surface area (Å²) in [5, 5.41) is 0. The maximum atomic E-state index is 11.2. The van der Waals surface area contributed by atoms with Gasteiger partial charge in [-0.15, -0.1) is 0 Å². The molecular formula is C14H11NO3. The largest absolute Gasteiger partial charge is 0.456 e. The minimum atomic E-state index is -0.448. The normalized spacial score (nSPS) is 16.2. The van der Waals surface area contributed by atoms with E-state index in [9.17, 15) is 4.79 Å². The van der Waals surface area contributed by atoms with E-state index in [1.165, 1.54) is 6.92 Å². The Balaban J connectivity index is 2.14. The van der Waals surface area contributed by atoms with Crippen molar-refractivity contribution < 1.29 is 14.3 Å². The maximum Gasteiger partial charge on any atom is 0.303 e. The Bertz CT molecular complexity index is 564. The molecule has 0 N–H and O–H groups in total. The van der Waals surface area contributed by atoms with Crippen LogP contribution in [0, 0.1) is 0 Å². The van der Waals surface area contributed by atoms with Crippen LogP contribution in [-0.2, 0) is 9.53 Å². The number of rotatable bonds is 1. The third-order valence-electron chi connectivity index (χ3n) is 2.80. The highest BCUT2D eigenvalue weighted by molar-refractivity contribution is 5.67. The molecule has 1 aliphatic heterocycles. The summed E-state index contributed by atoms with van der Waals surface area (Å²) in [6.45, 7) is 1.40. The van der Waals surface area contributed by atoms with Gasteiger partial charge in [-0.3, -0.25) is 9.78 Å². The van der Waals surface area contributed by atoms with Crippen LogP contribution in [0.5, 0.6) is 11.5 Å². The van der Waals surface area contributed by atoms with Gasteiger partial charge < -0.3 is 9.47 Å². The molecule has 0 saturated heterocycles. The molecule has 4 heteroatoms. The van der Waals surface area contributed by atoms with Crippen molar-refractivity contribution in [1.82, 2.24) is 4.98 Å². The van der Waals surface area contributed by atoms with E-state index in [2.05, 4.69) is 4.98 Å². The van der Waals surface area contributed by atoms with Gasteiger partial charge in [-0.25, -0.2) is 0 Å². The molecule has 2 aromatic rings. The van der Waals surface area contributed by atoms with Gasteiger partial charge >= 0.3 is 5.97 Å².